The van der Waals surface area contributed by atoms with E-state index in [1.165, 1.54) is 12.1 Å². The van der Waals surface area contributed by atoms with Gasteiger partial charge in [-0.25, -0.2) is 4.39 Å². The SMILES string of the molecule is CC(C)CNCC(C)(C)COc1cc(F)cc(Br)c1. The van der Waals surface area contributed by atoms with Crippen LogP contribution in [0, 0.1) is 17.2 Å². The minimum absolute atomic E-state index is 0.00762. The average Bonchev–Trinajstić information content (AvgIpc) is 2.24. The Morgan fingerprint density at radius 2 is 2.00 bits per heavy atom. The zero-order valence-corrected chi connectivity index (χ0v) is 13.7. The van der Waals surface area contributed by atoms with Crippen LogP contribution in [0.5, 0.6) is 5.75 Å². The first-order valence-electron chi connectivity index (χ1n) is 6.58. The molecule has 0 saturated heterocycles. The highest BCUT2D eigenvalue weighted by molar-refractivity contribution is 9.10. The van der Waals surface area contributed by atoms with Crippen molar-refractivity contribution < 1.29 is 9.13 Å². The molecule has 4 heteroatoms. The van der Waals surface area contributed by atoms with E-state index in [9.17, 15) is 4.39 Å². The molecule has 0 aliphatic rings. The van der Waals surface area contributed by atoms with Crippen LogP contribution >= 0.6 is 15.9 Å². The Hall–Kier alpha value is -0.610. The summed E-state index contributed by atoms with van der Waals surface area (Å²) in [5, 5.41) is 3.42. The molecular formula is C15H23BrFNO. The molecule has 1 N–H and O–H groups in total. The van der Waals surface area contributed by atoms with Gasteiger partial charge >= 0.3 is 0 Å². The minimum atomic E-state index is -0.292. The van der Waals surface area contributed by atoms with Gasteiger partial charge in [0.25, 0.3) is 0 Å². The molecule has 1 aromatic rings. The highest BCUT2D eigenvalue weighted by Gasteiger charge is 2.19. The summed E-state index contributed by atoms with van der Waals surface area (Å²) in [5.41, 5.74) is 0.00762. The van der Waals surface area contributed by atoms with E-state index in [1.54, 1.807) is 6.07 Å². The third-order valence-corrected chi connectivity index (χ3v) is 3.08. The van der Waals surface area contributed by atoms with Crippen LogP contribution < -0.4 is 10.1 Å². The largest absolute Gasteiger partial charge is 0.493 e. The number of halogens is 2. The Morgan fingerprint density at radius 1 is 1.32 bits per heavy atom. The first kappa shape index (κ1) is 16.4. The Morgan fingerprint density at radius 3 is 2.58 bits per heavy atom. The summed E-state index contributed by atoms with van der Waals surface area (Å²) in [4.78, 5) is 0. The maximum atomic E-state index is 13.2. The van der Waals surface area contributed by atoms with Crippen LogP contribution in [-0.4, -0.2) is 19.7 Å². The second-order valence-electron chi connectivity index (χ2n) is 6.08. The van der Waals surface area contributed by atoms with Gasteiger partial charge in [-0.3, -0.25) is 0 Å². The van der Waals surface area contributed by atoms with Gasteiger partial charge in [0.15, 0.2) is 0 Å². The topological polar surface area (TPSA) is 21.3 Å². The summed E-state index contributed by atoms with van der Waals surface area (Å²) in [6, 6.07) is 4.60. The zero-order chi connectivity index (χ0) is 14.5. The number of ether oxygens (including phenoxy) is 1. The number of hydrogen-bond donors (Lipinski definition) is 1. The third kappa shape index (κ3) is 6.92. The monoisotopic (exact) mass is 331 g/mol. The highest BCUT2D eigenvalue weighted by atomic mass is 79.9. The minimum Gasteiger partial charge on any atom is -0.493 e. The molecule has 0 amide bonds. The molecule has 0 aliphatic heterocycles. The van der Waals surface area contributed by atoms with Gasteiger partial charge in [0.1, 0.15) is 11.6 Å². The molecule has 0 atom stereocenters. The van der Waals surface area contributed by atoms with Crippen molar-refractivity contribution in [3.05, 3.63) is 28.5 Å². The fourth-order valence-corrected chi connectivity index (χ4v) is 2.09. The van der Waals surface area contributed by atoms with Crippen LogP contribution in [0.4, 0.5) is 4.39 Å². The first-order chi connectivity index (χ1) is 8.78. The molecule has 0 heterocycles. The van der Waals surface area contributed by atoms with E-state index in [1.807, 2.05) is 0 Å². The lowest BCUT2D eigenvalue weighted by molar-refractivity contribution is 0.174. The van der Waals surface area contributed by atoms with Crippen molar-refractivity contribution in [2.45, 2.75) is 27.7 Å². The molecule has 0 radical (unpaired) electrons. The molecule has 2 nitrogen and oxygen atoms in total. The normalized spacial score (nSPS) is 11.9. The number of nitrogens with one attached hydrogen (secondary N) is 1. The van der Waals surface area contributed by atoms with Crippen LogP contribution in [0.25, 0.3) is 0 Å². The summed E-state index contributed by atoms with van der Waals surface area (Å²) in [6.07, 6.45) is 0. The van der Waals surface area contributed by atoms with Crippen LogP contribution in [0.2, 0.25) is 0 Å². The molecule has 1 aromatic carbocycles. The fourth-order valence-electron chi connectivity index (χ4n) is 1.64. The first-order valence-corrected chi connectivity index (χ1v) is 7.37. The fraction of sp³-hybridized carbons (Fsp3) is 0.600. The highest BCUT2D eigenvalue weighted by Crippen LogP contribution is 2.23. The maximum Gasteiger partial charge on any atom is 0.128 e. The van der Waals surface area contributed by atoms with Gasteiger partial charge < -0.3 is 10.1 Å². The van der Waals surface area contributed by atoms with Crippen molar-refractivity contribution in [1.82, 2.24) is 5.32 Å². The van der Waals surface area contributed by atoms with Gasteiger partial charge in [0.2, 0.25) is 0 Å². The Labute approximate surface area is 123 Å². The van der Waals surface area contributed by atoms with Gasteiger partial charge in [0.05, 0.1) is 6.61 Å². The van der Waals surface area contributed by atoms with E-state index < -0.39 is 0 Å². The lowest BCUT2D eigenvalue weighted by atomic mass is 9.94. The van der Waals surface area contributed by atoms with Crippen LogP contribution in [0.1, 0.15) is 27.7 Å². The number of benzene rings is 1. The van der Waals surface area contributed by atoms with Crippen molar-refractivity contribution in [3.63, 3.8) is 0 Å². The van der Waals surface area contributed by atoms with Gasteiger partial charge in [0, 0.05) is 22.5 Å². The quantitative estimate of drug-likeness (QED) is 0.806. The molecule has 108 valence electrons. The van der Waals surface area contributed by atoms with Crippen molar-refractivity contribution in [1.29, 1.82) is 0 Å². The Bertz CT molecular complexity index is 387. The van der Waals surface area contributed by atoms with Crippen molar-refractivity contribution in [2.24, 2.45) is 11.3 Å². The molecule has 19 heavy (non-hydrogen) atoms. The van der Waals surface area contributed by atoms with E-state index in [-0.39, 0.29) is 11.2 Å². The van der Waals surface area contributed by atoms with E-state index >= 15 is 0 Å². The Balaban J connectivity index is 2.45. The maximum absolute atomic E-state index is 13.2. The molecule has 0 unspecified atom stereocenters. The molecule has 0 spiro atoms. The van der Waals surface area contributed by atoms with Gasteiger partial charge in [-0.05, 0) is 24.6 Å². The second-order valence-corrected chi connectivity index (χ2v) is 7.00. The molecule has 0 aromatic heterocycles. The predicted molar refractivity (Wildman–Crippen MR) is 81.1 cm³/mol. The smallest absolute Gasteiger partial charge is 0.128 e. The summed E-state index contributed by atoms with van der Waals surface area (Å²) < 4.78 is 19.6. The standard InChI is InChI=1S/C15H23BrFNO/c1-11(2)8-18-9-15(3,4)10-19-14-6-12(16)5-13(17)7-14/h5-7,11,18H,8-10H2,1-4H3. The summed E-state index contributed by atoms with van der Waals surface area (Å²) in [6.45, 7) is 11.1. The van der Waals surface area contributed by atoms with E-state index in [0.717, 1.165) is 13.1 Å². The summed E-state index contributed by atoms with van der Waals surface area (Å²) >= 11 is 3.26. The summed E-state index contributed by atoms with van der Waals surface area (Å²) in [5.74, 6) is 0.903. The van der Waals surface area contributed by atoms with Gasteiger partial charge in [-0.1, -0.05) is 43.6 Å². The molecule has 0 saturated carbocycles. The van der Waals surface area contributed by atoms with Gasteiger partial charge in [-0.15, -0.1) is 0 Å². The van der Waals surface area contributed by atoms with Crippen LogP contribution in [0.15, 0.2) is 22.7 Å². The van der Waals surface area contributed by atoms with Crippen molar-refractivity contribution in [2.75, 3.05) is 19.7 Å². The van der Waals surface area contributed by atoms with E-state index in [4.69, 9.17) is 4.74 Å². The summed E-state index contributed by atoms with van der Waals surface area (Å²) in [7, 11) is 0. The lowest BCUT2D eigenvalue weighted by Gasteiger charge is -2.25. The second kappa shape index (κ2) is 7.25. The molecular weight excluding hydrogens is 309 g/mol. The van der Waals surface area contributed by atoms with Crippen molar-refractivity contribution in [3.8, 4) is 5.75 Å². The van der Waals surface area contributed by atoms with Crippen molar-refractivity contribution >= 4 is 15.9 Å². The molecule has 0 fully saturated rings. The Kier molecular flexibility index (Phi) is 6.27. The van der Waals surface area contributed by atoms with Crippen LogP contribution in [-0.2, 0) is 0 Å². The lowest BCUT2D eigenvalue weighted by Crippen LogP contribution is -2.35. The van der Waals surface area contributed by atoms with E-state index in [0.29, 0.717) is 22.7 Å². The van der Waals surface area contributed by atoms with Gasteiger partial charge in [-0.2, -0.15) is 0 Å². The number of hydrogen-bond acceptors (Lipinski definition) is 2. The van der Waals surface area contributed by atoms with Crippen LogP contribution in [0.3, 0.4) is 0 Å². The van der Waals surface area contributed by atoms with E-state index in [2.05, 4.69) is 48.9 Å². The molecule has 0 bridgehead atoms. The molecule has 1 rings (SSSR count). The molecule has 0 aliphatic carbocycles. The third-order valence-electron chi connectivity index (χ3n) is 2.62. The predicted octanol–water partition coefficient (Wildman–Crippen LogP) is 4.24. The zero-order valence-electron chi connectivity index (χ0n) is 12.1. The number of rotatable bonds is 7. The average molecular weight is 332 g/mol.